The van der Waals surface area contributed by atoms with E-state index < -0.39 is 10.0 Å². The van der Waals surface area contributed by atoms with Crippen molar-refractivity contribution in [2.45, 2.75) is 25.5 Å². The van der Waals surface area contributed by atoms with Crippen molar-refractivity contribution >= 4 is 27.0 Å². The Morgan fingerprint density at radius 1 is 1.35 bits per heavy atom. The molecule has 20 heavy (non-hydrogen) atoms. The molecule has 0 spiro atoms. The second-order valence-electron chi connectivity index (χ2n) is 4.72. The number of rotatable bonds is 5. The Hall–Kier alpha value is -1.01. The summed E-state index contributed by atoms with van der Waals surface area (Å²) in [6, 6.07) is 10.1. The molecule has 1 aliphatic heterocycles. The molecule has 110 valence electrons. The monoisotopic (exact) mass is 312 g/mol. The molecule has 0 amide bonds. The Labute approximate surface area is 125 Å². The van der Waals surface area contributed by atoms with E-state index in [-0.39, 0.29) is 11.0 Å². The highest BCUT2D eigenvalue weighted by Crippen LogP contribution is 2.32. The fourth-order valence-electron chi connectivity index (χ4n) is 2.08. The molecule has 1 unspecified atom stereocenters. The van der Waals surface area contributed by atoms with Crippen molar-refractivity contribution in [3.05, 3.63) is 35.9 Å². The lowest BCUT2D eigenvalue weighted by Crippen LogP contribution is -2.34. The summed E-state index contributed by atoms with van der Waals surface area (Å²) in [5.41, 5.74) is 1.18. The predicted octanol–water partition coefficient (Wildman–Crippen LogP) is 2.89. The first-order valence-corrected chi connectivity index (χ1v) is 9.30. The summed E-state index contributed by atoms with van der Waals surface area (Å²) in [5.74, 6) is 0.187. The summed E-state index contributed by atoms with van der Waals surface area (Å²) < 4.78 is 25.9. The van der Waals surface area contributed by atoms with E-state index in [2.05, 4.69) is 24.0 Å². The Morgan fingerprint density at radius 2 is 2.05 bits per heavy atom. The lowest BCUT2D eigenvalue weighted by Gasteiger charge is -2.21. The van der Waals surface area contributed by atoms with Crippen molar-refractivity contribution in [1.29, 1.82) is 0 Å². The average Bonchev–Trinajstić information content (AvgIpc) is 2.88. The Morgan fingerprint density at radius 3 is 2.70 bits per heavy atom. The summed E-state index contributed by atoms with van der Waals surface area (Å²) in [6.07, 6.45) is 0.630. The zero-order valence-electron chi connectivity index (χ0n) is 11.8. The fourth-order valence-corrected chi connectivity index (χ4v) is 4.93. The number of hydrogen-bond donors (Lipinski definition) is 0. The first-order valence-electron chi connectivity index (χ1n) is 6.81. The molecule has 0 aromatic heterocycles. The molecule has 1 atom stereocenters. The molecule has 1 aromatic rings. The second-order valence-corrected chi connectivity index (χ2v) is 8.04. The van der Waals surface area contributed by atoms with Crippen LogP contribution < -0.4 is 0 Å². The van der Waals surface area contributed by atoms with Crippen molar-refractivity contribution in [2.24, 2.45) is 4.99 Å². The van der Waals surface area contributed by atoms with Gasteiger partial charge in [-0.15, -0.1) is 0 Å². The molecule has 0 N–H and O–H groups in total. The van der Waals surface area contributed by atoms with Crippen molar-refractivity contribution in [3.63, 3.8) is 0 Å². The third-order valence-corrected chi connectivity index (χ3v) is 6.37. The number of amidine groups is 1. The predicted molar refractivity (Wildman–Crippen MR) is 85.5 cm³/mol. The summed E-state index contributed by atoms with van der Waals surface area (Å²) in [7, 11) is -3.21. The topological polar surface area (TPSA) is 49.7 Å². The minimum absolute atomic E-state index is 0.187. The van der Waals surface area contributed by atoms with Crippen LogP contribution in [0.1, 0.15) is 31.1 Å². The highest BCUT2D eigenvalue weighted by Gasteiger charge is 2.29. The normalized spacial score (nSPS) is 17.1. The smallest absolute Gasteiger partial charge is 0.236 e. The highest BCUT2D eigenvalue weighted by molar-refractivity contribution is 8.15. The van der Waals surface area contributed by atoms with Gasteiger partial charge in [-0.3, -0.25) is 4.99 Å². The molecule has 4 nitrogen and oxygen atoms in total. The maximum absolute atomic E-state index is 12.2. The van der Waals surface area contributed by atoms with Crippen LogP contribution >= 0.6 is 11.8 Å². The first kappa shape index (κ1) is 15.4. The summed E-state index contributed by atoms with van der Waals surface area (Å²) >= 11 is 1.52. The largest absolute Gasteiger partial charge is 0.260 e. The summed E-state index contributed by atoms with van der Waals surface area (Å²) in [4.78, 5) is 4.36. The van der Waals surface area contributed by atoms with Gasteiger partial charge >= 0.3 is 0 Å². The van der Waals surface area contributed by atoms with E-state index in [9.17, 15) is 8.42 Å². The van der Waals surface area contributed by atoms with Gasteiger partial charge in [0.1, 0.15) is 0 Å². The first-order chi connectivity index (χ1) is 9.54. The second kappa shape index (κ2) is 6.63. The van der Waals surface area contributed by atoms with Gasteiger partial charge in [0.05, 0.1) is 18.8 Å². The van der Waals surface area contributed by atoms with Crippen molar-refractivity contribution in [3.8, 4) is 0 Å². The molecular weight excluding hydrogens is 292 g/mol. The van der Waals surface area contributed by atoms with Crippen LogP contribution in [0.25, 0.3) is 0 Å². The molecule has 2 rings (SSSR count). The zero-order valence-corrected chi connectivity index (χ0v) is 13.5. The quantitative estimate of drug-likeness (QED) is 0.840. The third kappa shape index (κ3) is 3.55. The number of sulfonamides is 1. The molecule has 1 heterocycles. The van der Waals surface area contributed by atoms with E-state index >= 15 is 0 Å². The molecule has 0 saturated carbocycles. The Kier molecular flexibility index (Phi) is 5.10. The van der Waals surface area contributed by atoms with Gasteiger partial charge in [0.2, 0.25) is 10.0 Å². The van der Waals surface area contributed by atoms with Gasteiger partial charge in [-0.1, -0.05) is 49.0 Å². The van der Waals surface area contributed by atoms with Crippen LogP contribution in [0.2, 0.25) is 0 Å². The van der Waals surface area contributed by atoms with E-state index in [1.54, 1.807) is 0 Å². The SMILES string of the molecule is CCCS(=O)(=O)N1CCN=C1SC(C)c1ccccc1. The van der Waals surface area contributed by atoms with E-state index in [4.69, 9.17) is 0 Å². The van der Waals surface area contributed by atoms with Crippen LogP contribution in [0, 0.1) is 0 Å². The lowest BCUT2D eigenvalue weighted by molar-refractivity contribution is 0.539. The van der Waals surface area contributed by atoms with Crippen molar-refractivity contribution in [2.75, 3.05) is 18.8 Å². The van der Waals surface area contributed by atoms with E-state index in [1.165, 1.54) is 21.6 Å². The van der Waals surface area contributed by atoms with Gasteiger partial charge in [-0.05, 0) is 18.9 Å². The molecular formula is C14H20N2O2S2. The fraction of sp³-hybridized carbons (Fsp3) is 0.500. The Bertz CT molecular complexity index is 570. The molecule has 0 fully saturated rings. The van der Waals surface area contributed by atoms with Gasteiger partial charge in [0, 0.05) is 5.25 Å². The molecule has 0 aliphatic carbocycles. The van der Waals surface area contributed by atoms with E-state index in [0.717, 1.165) is 0 Å². The van der Waals surface area contributed by atoms with Crippen LogP contribution in [0.5, 0.6) is 0 Å². The van der Waals surface area contributed by atoms with Gasteiger partial charge in [0.15, 0.2) is 5.17 Å². The molecule has 0 saturated heterocycles. The third-order valence-electron chi connectivity index (χ3n) is 3.11. The Balaban J connectivity index is 2.09. The van der Waals surface area contributed by atoms with Crippen LogP contribution in [0.15, 0.2) is 35.3 Å². The average molecular weight is 312 g/mol. The summed E-state index contributed by atoms with van der Waals surface area (Å²) in [6.45, 7) is 4.99. The zero-order chi connectivity index (χ0) is 14.6. The minimum atomic E-state index is -3.21. The number of hydrogen-bond acceptors (Lipinski definition) is 4. The van der Waals surface area contributed by atoms with E-state index in [0.29, 0.717) is 24.7 Å². The van der Waals surface area contributed by atoms with Crippen LogP contribution in [0.3, 0.4) is 0 Å². The molecule has 1 aromatic carbocycles. The molecule has 0 bridgehead atoms. The molecule has 0 radical (unpaired) electrons. The maximum atomic E-state index is 12.2. The standard InChI is InChI=1S/C14H20N2O2S2/c1-3-11-20(17,18)16-10-9-15-14(16)19-12(2)13-7-5-4-6-8-13/h4-8,12H,3,9-11H2,1-2H3. The van der Waals surface area contributed by atoms with Gasteiger partial charge in [0.25, 0.3) is 0 Å². The molecule has 1 aliphatic rings. The van der Waals surface area contributed by atoms with Crippen LogP contribution in [0.4, 0.5) is 0 Å². The number of thioether (sulfide) groups is 1. The lowest BCUT2D eigenvalue weighted by atomic mass is 10.2. The van der Waals surface area contributed by atoms with Gasteiger partial charge in [-0.25, -0.2) is 12.7 Å². The summed E-state index contributed by atoms with van der Waals surface area (Å²) in [5, 5.41) is 0.821. The van der Waals surface area contributed by atoms with Crippen molar-refractivity contribution < 1.29 is 8.42 Å². The number of nitrogens with zero attached hydrogens (tertiary/aromatic N) is 2. The number of aliphatic imine (C=N–C) groups is 1. The maximum Gasteiger partial charge on any atom is 0.236 e. The van der Waals surface area contributed by atoms with Crippen LogP contribution in [-0.2, 0) is 10.0 Å². The van der Waals surface area contributed by atoms with Gasteiger partial charge in [-0.2, -0.15) is 0 Å². The molecule has 6 heteroatoms. The van der Waals surface area contributed by atoms with E-state index in [1.807, 2.05) is 25.1 Å². The highest BCUT2D eigenvalue weighted by atomic mass is 32.2. The van der Waals surface area contributed by atoms with Gasteiger partial charge < -0.3 is 0 Å². The minimum Gasteiger partial charge on any atom is -0.260 e. The van der Waals surface area contributed by atoms with Crippen LogP contribution in [-0.4, -0.2) is 36.7 Å². The number of benzene rings is 1. The van der Waals surface area contributed by atoms with Crippen molar-refractivity contribution in [1.82, 2.24) is 4.31 Å².